The Bertz CT molecular complexity index is 826. The fraction of sp³-hybridized carbons (Fsp3) is 0.368. The number of hydrogen-bond acceptors (Lipinski definition) is 3. The Morgan fingerprint density at radius 2 is 1.78 bits per heavy atom. The number of rotatable bonds is 2. The molecule has 1 saturated carbocycles. The lowest BCUT2D eigenvalue weighted by Gasteiger charge is -2.22. The molecule has 0 atom stereocenters. The zero-order valence-corrected chi connectivity index (χ0v) is 13.5. The average molecular weight is 306 g/mol. The molecule has 0 bridgehead atoms. The highest BCUT2D eigenvalue weighted by molar-refractivity contribution is 5.77. The van der Waals surface area contributed by atoms with Gasteiger partial charge in [0.1, 0.15) is 5.82 Å². The third-order valence-corrected chi connectivity index (χ3v) is 5.03. The van der Waals surface area contributed by atoms with Gasteiger partial charge in [-0.2, -0.15) is 9.61 Å². The minimum absolute atomic E-state index is 0.655. The fourth-order valence-electron chi connectivity index (χ4n) is 3.80. The maximum absolute atomic E-state index is 6.34. The SMILES string of the molecule is Cc1nc2ccnn2c(N)c1-c1ccc(C2CCCCC2)cc1. The minimum Gasteiger partial charge on any atom is -0.383 e. The van der Waals surface area contributed by atoms with Crippen LogP contribution in [0.5, 0.6) is 0 Å². The Kier molecular flexibility index (Phi) is 3.52. The van der Waals surface area contributed by atoms with Crippen molar-refractivity contribution in [2.24, 2.45) is 0 Å². The van der Waals surface area contributed by atoms with Crippen molar-refractivity contribution in [3.05, 3.63) is 47.8 Å². The molecule has 1 aliphatic rings. The van der Waals surface area contributed by atoms with Crippen LogP contribution in [0.15, 0.2) is 36.5 Å². The molecular weight excluding hydrogens is 284 g/mol. The first-order valence-corrected chi connectivity index (χ1v) is 8.44. The number of nitrogens with zero attached hydrogens (tertiary/aromatic N) is 3. The van der Waals surface area contributed by atoms with Crippen molar-refractivity contribution in [1.29, 1.82) is 0 Å². The van der Waals surface area contributed by atoms with Crippen LogP contribution in [0.25, 0.3) is 16.8 Å². The summed E-state index contributed by atoms with van der Waals surface area (Å²) in [5.74, 6) is 1.38. The number of benzene rings is 1. The normalized spacial score (nSPS) is 16.0. The maximum Gasteiger partial charge on any atom is 0.157 e. The van der Waals surface area contributed by atoms with Gasteiger partial charge in [-0.3, -0.25) is 0 Å². The van der Waals surface area contributed by atoms with Crippen molar-refractivity contribution in [1.82, 2.24) is 14.6 Å². The van der Waals surface area contributed by atoms with Crippen LogP contribution in [0.2, 0.25) is 0 Å². The van der Waals surface area contributed by atoms with Crippen LogP contribution in [-0.4, -0.2) is 14.6 Å². The quantitative estimate of drug-likeness (QED) is 0.766. The van der Waals surface area contributed by atoms with E-state index in [-0.39, 0.29) is 0 Å². The van der Waals surface area contributed by atoms with E-state index in [9.17, 15) is 0 Å². The zero-order chi connectivity index (χ0) is 15.8. The van der Waals surface area contributed by atoms with Crippen LogP contribution in [0.1, 0.15) is 49.3 Å². The summed E-state index contributed by atoms with van der Waals surface area (Å²) in [6.07, 6.45) is 8.48. The van der Waals surface area contributed by atoms with Crippen molar-refractivity contribution >= 4 is 11.5 Å². The number of aromatic nitrogens is 3. The van der Waals surface area contributed by atoms with Crippen LogP contribution in [-0.2, 0) is 0 Å². The summed E-state index contributed by atoms with van der Waals surface area (Å²) < 4.78 is 1.71. The molecule has 4 heteroatoms. The lowest BCUT2D eigenvalue weighted by Crippen LogP contribution is -2.06. The Labute approximate surface area is 136 Å². The first-order valence-electron chi connectivity index (χ1n) is 8.44. The van der Waals surface area contributed by atoms with E-state index in [1.165, 1.54) is 37.7 Å². The van der Waals surface area contributed by atoms with Crippen LogP contribution >= 0.6 is 0 Å². The van der Waals surface area contributed by atoms with Gasteiger partial charge in [0.25, 0.3) is 0 Å². The first kappa shape index (κ1) is 14.2. The molecular formula is C19H22N4. The van der Waals surface area contributed by atoms with E-state index < -0.39 is 0 Å². The van der Waals surface area contributed by atoms with E-state index in [0.29, 0.717) is 5.82 Å². The molecule has 0 spiro atoms. The molecule has 1 aliphatic carbocycles. The van der Waals surface area contributed by atoms with Crippen LogP contribution in [0, 0.1) is 6.92 Å². The smallest absolute Gasteiger partial charge is 0.157 e. The van der Waals surface area contributed by atoms with Crippen molar-refractivity contribution in [3.63, 3.8) is 0 Å². The molecule has 3 aromatic rings. The molecule has 23 heavy (non-hydrogen) atoms. The number of nitrogens with two attached hydrogens (primary N) is 1. The summed E-state index contributed by atoms with van der Waals surface area (Å²) in [7, 11) is 0. The predicted molar refractivity (Wildman–Crippen MR) is 93.4 cm³/mol. The van der Waals surface area contributed by atoms with Gasteiger partial charge in [-0.15, -0.1) is 0 Å². The van der Waals surface area contributed by atoms with E-state index in [4.69, 9.17) is 5.73 Å². The molecule has 2 heterocycles. The van der Waals surface area contributed by atoms with Crippen LogP contribution in [0.4, 0.5) is 5.82 Å². The number of nitrogen functional groups attached to an aromatic ring is 1. The highest BCUT2D eigenvalue weighted by Gasteiger charge is 2.17. The van der Waals surface area contributed by atoms with Gasteiger partial charge in [-0.1, -0.05) is 43.5 Å². The van der Waals surface area contributed by atoms with Gasteiger partial charge in [-0.25, -0.2) is 4.98 Å². The van der Waals surface area contributed by atoms with Crippen molar-refractivity contribution in [2.45, 2.75) is 44.9 Å². The van der Waals surface area contributed by atoms with Gasteiger partial charge in [0.15, 0.2) is 5.65 Å². The second-order valence-corrected chi connectivity index (χ2v) is 6.52. The topological polar surface area (TPSA) is 56.2 Å². The molecule has 1 aromatic carbocycles. The lowest BCUT2D eigenvalue weighted by atomic mass is 9.83. The van der Waals surface area contributed by atoms with Crippen molar-refractivity contribution in [3.8, 4) is 11.1 Å². The Balaban J connectivity index is 1.73. The Morgan fingerprint density at radius 3 is 2.52 bits per heavy atom. The number of aryl methyl sites for hydroxylation is 1. The molecule has 0 aliphatic heterocycles. The molecule has 2 aromatic heterocycles. The second-order valence-electron chi connectivity index (χ2n) is 6.52. The molecule has 0 radical (unpaired) electrons. The molecule has 1 fully saturated rings. The van der Waals surface area contributed by atoms with Crippen LogP contribution in [0.3, 0.4) is 0 Å². The summed E-state index contributed by atoms with van der Waals surface area (Å²) in [6, 6.07) is 10.8. The van der Waals surface area contributed by atoms with E-state index in [1.54, 1.807) is 10.7 Å². The summed E-state index contributed by atoms with van der Waals surface area (Å²) in [5.41, 5.74) is 11.6. The fourth-order valence-corrected chi connectivity index (χ4v) is 3.80. The Hall–Kier alpha value is -2.36. The van der Waals surface area contributed by atoms with E-state index in [1.807, 2.05) is 13.0 Å². The van der Waals surface area contributed by atoms with Gasteiger partial charge in [-0.05, 0) is 36.8 Å². The summed E-state index contributed by atoms with van der Waals surface area (Å²) in [4.78, 5) is 4.61. The second kappa shape index (κ2) is 5.69. The molecule has 0 amide bonds. The third kappa shape index (κ3) is 2.48. The van der Waals surface area contributed by atoms with Gasteiger partial charge >= 0.3 is 0 Å². The van der Waals surface area contributed by atoms with Gasteiger partial charge < -0.3 is 5.73 Å². The van der Waals surface area contributed by atoms with Gasteiger partial charge in [0, 0.05) is 11.6 Å². The maximum atomic E-state index is 6.34. The standard InChI is InChI=1S/C19H22N4/c1-13-18(19(20)23-17(22-13)11-12-21-23)16-9-7-15(8-10-16)14-5-3-2-4-6-14/h7-12,14H,2-6,20H2,1H3. The third-order valence-electron chi connectivity index (χ3n) is 5.03. The highest BCUT2D eigenvalue weighted by atomic mass is 15.3. The molecule has 118 valence electrons. The highest BCUT2D eigenvalue weighted by Crippen LogP contribution is 2.35. The molecule has 4 rings (SSSR count). The number of anilines is 1. The van der Waals surface area contributed by atoms with Crippen LogP contribution < -0.4 is 5.73 Å². The zero-order valence-electron chi connectivity index (χ0n) is 13.5. The largest absolute Gasteiger partial charge is 0.383 e. The summed E-state index contributed by atoms with van der Waals surface area (Å²) in [6.45, 7) is 2.01. The minimum atomic E-state index is 0.655. The van der Waals surface area contributed by atoms with Gasteiger partial charge in [0.05, 0.1) is 11.9 Å². The number of hydrogen-bond donors (Lipinski definition) is 1. The van der Waals surface area contributed by atoms with E-state index in [0.717, 1.165) is 28.4 Å². The monoisotopic (exact) mass is 306 g/mol. The van der Waals surface area contributed by atoms with Crippen molar-refractivity contribution < 1.29 is 0 Å². The summed E-state index contributed by atoms with van der Waals surface area (Å²) >= 11 is 0. The summed E-state index contributed by atoms with van der Waals surface area (Å²) in [5, 5.41) is 4.27. The molecule has 0 saturated heterocycles. The molecule has 2 N–H and O–H groups in total. The van der Waals surface area contributed by atoms with E-state index in [2.05, 4.69) is 34.3 Å². The molecule has 0 unspecified atom stereocenters. The lowest BCUT2D eigenvalue weighted by molar-refractivity contribution is 0.443. The van der Waals surface area contributed by atoms with Crippen molar-refractivity contribution in [2.75, 3.05) is 5.73 Å². The molecule has 4 nitrogen and oxygen atoms in total. The average Bonchev–Trinajstić information content (AvgIpc) is 3.05. The number of fused-ring (bicyclic) bond motifs is 1. The Morgan fingerprint density at radius 1 is 1.04 bits per heavy atom. The van der Waals surface area contributed by atoms with Gasteiger partial charge in [0.2, 0.25) is 0 Å². The first-order chi connectivity index (χ1) is 11.2. The van der Waals surface area contributed by atoms with E-state index >= 15 is 0 Å². The predicted octanol–water partition coefficient (Wildman–Crippen LogP) is 4.33.